The van der Waals surface area contributed by atoms with Crippen molar-refractivity contribution in [3.05, 3.63) is 34.9 Å². The molecule has 0 bridgehead atoms. The first-order chi connectivity index (χ1) is 7.10. The van der Waals surface area contributed by atoms with Gasteiger partial charge < -0.3 is 10.4 Å². The lowest BCUT2D eigenvalue weighted by atomic mass is 9.82. The summed E-state index contributed by atoms with van der Waals surface area (Å²) in [7, 11) is 0. The summed E-state index contributed by atoms with van der Waals surface area (Å²) in [5.74, 6) is 0. The topological polar surface area (TPSA) is 32.3 Å². The van der Waals surface area contributed by atoms with E-state index in [9.17, 15) is 5.11 Å². The minimum absolute atomic E-state index is 0.350. The Labute approximate surface area is 95.3 Å². The van der Waals surface area contributed by atoms with Crippen LogP contribution in [0.1, 0.15) is 25.3 Å². The number of nitrogens with one attached hydrogen (secondary N) is 1. The van der Waals surface area contributed by atoms with Gasteiger partial charge in [0.1, 0.15) is 0 Å². The lowest BCUT2D eigenvalue weighted by Crippen LogP contribution is -2.44. The molecule has 0 aromatic heterocycles. The largest absolute Gasteiger partial charge is 0.385 e. The predicted octanol–water partition coefficient (Wildman–Crippen LogP) is 2.30. The molecular weight excluding hydrogens is 210 g/mol. The molecule has 2 N–H and O–H groups in total. The minimum atomic E-state index is -0.713. The molecule has 15 heavy (non-hydrogen) atoms. The van der Waals surface area contributed by atoms with Gasteiger partial charge in [-0.15, -0.1) is 0 Å². The molecule has 0 aliphatic carbocycles. The van der Waals surface area contributed by atoms with Crippen LogP contribution in [0.4, 0.5) is 0 Å². The summed E-state index contributed by atoms with van der Waals surface area (Å²) < 4.78 is 0. The van der Waals surface area contributed by atoms with Gasteiger partial charge in [0.05, 0.1) is 5.60 Å². The fourth-order valence-electron chi connectivity index (χ4n) is 2.25. The summed E-state index contributed by atoms with van der Waals surface area (Å²) in [5.41, 5.74) is 0.221. The first-order valence-electron chi connectivity index (χ1n) is 5.32. The van der Waals surface area contributed by atoms with Crippen LogP contribution in [0, 0.1) is 0 Å². The molecule has 1 aliphatic heterocycles. The van der Waals surface area contributed by atoms with Crippen molar-refractivity contribution >= 4 is 11.6 Å². The summed E-state index contributed by atoms with van der Waals surface area (Å²) in [6, 6.07) is 7.88. The summed E-state index contributed by atoms with van der Waals surface area (Å²) in [6.07, 6.45) is 1.49. The predicted molar refractivity (Wildman–Crippen MR) is 62.0 cm³/mol. The van der Waals surface area contributed by atoms with Crippen LogP contribution in [0.3, 0.4) is 0 Å². The average Bonchev–Trinajstić information content (AvgIpc) is 2.17. The number of hydrogen-bond acceptors (Lipinski definition) is 2. The number of hydrogen-bond donors (Lipinski definition) is 2. The highest BCUT2D eigenvalue weighted by atomic mass is 35.5. The van der Waals surface area contributed by atoms with E-state index in [0.29, 0.717) is 11.1 Å². The molecule has 1 fully saturated rings. The van der Waals surface area contributed by atoms with Crippen LogP contribution in [0.15, 0.2) is 24.3 Å². The lowest BCUT2D eigenvalue weighted by molar-refractivity contribution is -0.00646. The van der Waals surface area contributed by atoms with Crippen molar-refractivity contribution in [1.82, 2.24) is 5.32 Å². The number of halogens is 1. The number of piperidine rings is 1. The van der Waals surface area contributed by atoms with Crippen LogP contribution in [0.25, 0.3) is 0 Å². The number of aliphatic hydroxyl groups is 1. The van der Waals surface area contributed by atoms with E-state index in [1.807, 2.05) is 24.3 Å². The van der Waals surface area contributed by atoms with Gasteiger partial charge in [-0.2, -0.15) is 0 Å². The molecule has 1 aromatic rings. The zero-order chi connectivity index (χ0) is 10.9. The SMILES string of the molecule is CC1CC(O)(c2cccc(Cl)c2)CCN1. The van der Waals surface area contributed by atoms with Gasteiger partial charge in [-0.25, -0.2) is 0 Å². The van der Waals surface area contributed by atoms with Crippen molar-refractivity contribution in [1.29, 1.82) is 0 Å². The molecule has 0 radical (unpaired) electrons. The van der Waals surface area contributed by atoms with E-state index in [1.165, 1.54) is 0 Å². The van der Waals surface area contributed by atoms with E-state index < -0.39 is 5.60 Å². The number of rotatable bonds is 1. The third-order valence-electron chi connectivity index (χ3n) is 3.04. The van der Waals surface area contributed by atoms with Gasteiger partial charge in [-0.1, -0.05) is 23.7 Å². The second-order valence-corrected chi connectivity index (χ2v) is 4.79. The highest BCUT2D eigenvalue weighted by Crippen LogP contribution is 2.33. The maximum Gasteiger partial charge on any atom is 0.0923 e. The van der Waals surface area contributed by atoms with E-state index in [2.05, 4.69) is 12.2 Å². The summed E-state index contributed by atoms with van der Waals surface area (Å²) in [4.78, 5) is 0. The third kappa shape index (κ3) is 2.33. The molecule has 2 nitrogen and oxygen atoms in total. The van der Waals surface area contributed by atoms with Crippen LogP contribution in [0.2, 0.25) is 5.02 Å². The molecule has 2 rings (SSSR count). The van der Waals surface area contributed by atoms with Gasteiger partial charge in [-0.05, 0) is 44.0 Å². The van der Waals surface area contributed by atoms with Crippen molar-refractivity contribution in [2.75, 3.05) is 6.54 Å². The van der Waals surface area contributed by atoms with Crippen LogP contribution in [0.5, 0.6) is 0 Å². The number of benzene rings is 1. The lowest BCUT2D eigenvalue weighted by Gasteiger charge is -2.36. The Hall–Kier alpha value is -0.570. The van der Waals surface area contributed by atoms with Gasteiger partial charge >= 0.3 is 0 Å². The Morgan fingerprint density at radius 2 is 2.33 bits per heavy atom. The van der Waals surface area contributed by atoms with Gasteiger partial charge in [0.2, 0.25) is 0 Å². The van der Waals surface area contributed by atoms with Gasteiger partial charge in [-0.3, -0.25) is 0 Å². The molecule has 1 aromatic carbocycles. The Morgan fingerprint density at radius 3 is 3.00 bits per heavy atom. The molecule has 82 valence electrons. The Morgan fingerprint density at radius 1 is 1.53 bits per heavy atom. The van der Waals surface area contributed by atoms with E-state index >= 15 is 0 Å². The zero-order valence-electron chi connectivity index (χ0n) is 8.83. The molecule has 1 aliphatic rings. The minimum Gasteiger partial charge on any atom is -0.385 e. The van der Waals surface area contributed by atoms with E-state index in [0.717, 1.165) is 24.9 Å². The Kier molecular flexibility index (Phi) is 3.01. The maximum absolute atomic E-state index is 10.5. The fraction of sp³-hybridized carbons (Fsp3) is 0.500. The molecule has 0 saturated carbocycles. The standard InChI is InChI=1S/C12H16ClNO/c1-9-8-12(15,5-6-14-9)10-3-2-4-11(13)7-10/h2-4,7,9,14-15H,5-6,8H2,1H3. The van der Waals surface area contributed by atoms with Crippen molar-refractivity contribution in [3.63, 3.8) is 0 Å². The fourth-order valence-corrected chi connectivity index (χ4v) is 2.44. The van der Waals surface area contributed by atoms with Crippen LogP contribution in [-0.2, 0) is 5.60 Å². The van der Waals surface area contributed by atoms with Crippen molar-refractivity contribution in [2.45, 2.75) is 31.4 Å². The smallest absolute Gasteiger partial charge is 0.0923 e. The van der Waals surface area contributed by atoms with Gasteiger partial charge in [0, 0.05) is 11.1 Å². The van der Waals surface area contributed by atoms with Crippen LogP contribution >= 0.6 is 11.6 Å². The zero-order valence-corrected chi connectivity index (χ0v) is 9.59. The van der Waals surface area contributed by atoms with Gasteiger partial charge in [0.15, 0.2) is 0 Å². The average molecular weight is 226 g/mol. The van der Waals surface area contributed by atoms with Crippen molar-refractivity contribution in [3.8, 4) is 0 Å². The monoisotopic (exact) mass is 225 g/mol. The summed E-state index contributed by atoms with van der Waals surface area (Å²) >= 11 is 5.94. The van der Waals surface area contributed by atoms with Crippen LogP contribution in [-0.4, -0.2) is 17.7 Å². The van der Waals surface area contributed by atoms with E-state index in [1.54, 1.807) is 0 Å². The first-order valence-corrected chi connectivity index (χ1v) is 5.70. The van der Waals surface area contributed by atoms with Crippen LogP contribution < -0.4 is 5.32 Å². The second-order valence-electron chi connectivity index (χ2n) is 4.35. The van der Waals surface area contributed by atoms with Gasteiger partial charge in [0.25, 0.3) is 0 Å². The molecule has 2 unspecified atom stereocenters. The summed E-state index contributed by atoms with van der Waals surface area (Å²) in [5, 5.41) is 14.6. The molecule has 1 heterocycles. The van der Waals surface area contributed by atoms with E-state index in [-0.39, 0.29) is 0 Å². The maximum atomic E-state index is 10.5. The molecule has 2 atom stereocenters. The quantitative estimate of drug-likeness (QED) is 0.769. The molecule has 0 spiro atoms. The van der Waals surface area contributed by atoms with E-state index in [4.69, 9.17) is 11.6 Å². The van der Waals surface area contributed by atoms with Crippen molar-refractivity contribution < 1.29 is 5.11 Å². The summed E-state index contributed by atoms with van der Waals surface area (Å²) in [6.45, 7) is 2.94. The third-order valence-corrected chi connectivity index (χ3v) is 3.27. The van der Waals surface area contributed by atoms with Crippen molar-refractivity contribution in [2.24, 2.45) is 0 Å². The Balaban J connectivity index is 2.28. The normalized spacial score (nSPS) is 31.5. The Bertz CT molecular complexity index is 355. The molecule has 1 saturated heterocycles. The molecule has 3 heteroatoms. The first kappa shape index (κ1) is 10.9. The highest BCUT2D eigenvalue weighted by molar-refractivity contribution is 6.30. The highest BCUT2D eigenvalue weighted by Gasteiger charge is 2.34. The molecule has 0 amide bonds. The second kappa shape index (κ2) is 4.12. The molecular formula is C12H16ClNO.